The molecule has 1 aromatic rings. The van der Waals surface area contributed by atoms with Crippen LogP contribution in [0.4, 0.5) is 0 Å². The number of aliphatic hydroxyl groups is 1. The molecule has 2 fully saturated rings. The van der Waals surface area contributed by atoms with Gasteiger partial charge in [-0.05, 0) is 52.1 Å². The summed E-state index contributed by atoms with van der Waals surface area (Å²) in [6.45, 7) is 7.15. The van der Waals surface area contributed by atoms with Crippen LogP contribution in [0.3, 0.4) is 0 Å². The third kappa shape index (κ3) is 3.49. The minimum Gasteiger partial charge on any atom is -0.389 e. The Balaban J connectivity index is 1.63. The minimum absolute atomic E-state index is 0.435. The predicted molar refractivity (Wildman–Crippen MR) is 84.3 cm³/mol. The summed E-state index contributed by atoms with van der Waals surface area (Å²) in [6, 6.07) is 2.68. The Labute approximate surface area is 128 Å². The molecule has 3 rings (SSSR count). The van der Waals surface area contributed by atoms with Crippen LogP contribution in [0.2, 0.25) is 0 Å². The molecule has 4 heteroatoms. The van der Waals surface area contributed by atoms with E-state index in [9.17, 15) is 5.11 Å². The van der Waals surface area contributed by atoms with Gasteiger partial charge < -0.3 is 5.11 Å². The quantitative estimate of drug-likeness (QED) is 0.927. The fourth-order valence-corrected chi connectivity index (χ4v) is 4.12. The molecule has 0 bridgehead atoms. The molecule has 0 amide bonds. The van der Waals surface area contributed by atoms with Gasteiger partial charge in [-0.15, -0.1) is 0 Å². The van der Waals surface area contributed by atoms with Crippen LogP contribution in [-0.4, -0.2) is 44.5 Å². The van der Waals surface area contributed by atoms with Crippen molar-refractivity contribution in [3.8, 4) is 0 Å². The second-order valence-electron chi connectivity index (χ2n) is 7.16. The predicted octanol–water partition coefficient (Wildman–Crippen LogP) is 2.66. The zero-order chi connectivity index (χ0) is 14.9. The van der Waals surface area contributed by atoms with Gasteiger partial charge in [-0.25, -0.2) is 0 Å². The van der Waals surface area contributed by atoms with Crippen molar-refractivity contribution in [2.45, 2.75) is 77.0 Å². The van der Waals surface area contributed by atoms with Crippen LogP contribution in [0.5, 0.6) is 0 Å². The van der Waals surface area contributed by atoms with Gasteiger partial charge in [-0.1, -0.05) is 19.3 Å². The SMILES string of the molecule is Cc1cc(C)n(CC2CCCN2CC2(O)CCCCC2)n1. The Morgan fingerprint density at radius 2 is 2.00 bits per heavy atom. The molecule has 1 aliphatic carbocycles. The third-order valence-corrected chi connectivity index (χ3v) is 5.27. The second-order valence-corrected chi connectivity index (χ2v) is 7.16. The topological polar surface area (TPSA) is 41.3 Å². The van der Waals surface area contributed by atoms with Gasteiger partial charge in [0.05, 0.1) is 17.8 Å². The first-order chi connectivity index (χ1) is 10.1. The molecule has 0 radical (unpaired) electrons. The molecule has 1 saturated carbocycles. The number of β-amino-alcohol motifs (C(OH)–C–C–N with tert-alkyl or cyclic N) is 1. The molecule has 1 unspecified atom stereocenters. The van der Waals surface area contributed by atoms with Crippen molar-refractivity contribution in [2.75, 3.05) is 13.1 Å². The summed E-state index contributed by atoms with van der Waals surface area (Å²) >= 11 is 0. The zero-order valence-corrected chi connectivity index (χ0v) is 13.5. The molecule has 1 N–H and O–H groups in total. The van der Waals surface area contributed by atoms with Crippen molar-refractivity contribution in [1.29, 1.82) is 0 Å². The first-order valence-electron chi connectivity index (χ1n) is 8.53. The average molecular weight is 291 g/mol. The molecule has 21 heavy (non-hydrogen) atoms. The highest BCUT2D eigenvalue weighted by Gasteiger charge is 2.35. The molecular weight excluding hydrogens is 262 g/mol. The van der Waals surface area contributed by atoms with Crippen molar-refractivity contribution in [2.24, 2.45) is 0 Å². The smallest absolute Gasteiger partial charge is 0.0774 e. The number of hydrogen-bond donors (Lipinski definition) is 1. The lowest BCUT2D eigenvalue weighted by molar-refractivity contribution is -0.0304. The second kappa shape index (κ2) is 6.09. The van der Waals surface area contributed by atoms with Crippen molar-refractivity contribution in [3.05, 3.63) is 17.5 Å². The minimum atomic E-state index is -0.435. The van der Waals surface area contributed by atoms with Crippen molar-refractivity contribution >= 4 is 0 Å². The fourth-order valence-electron chi connectivity index (χ4n) is 4.12. The molecule has 1 atom stereocenters. The molecule has 0 aromatic carbocycles. The van der Waals surface area contributed by atoms with Crippen LogP contribution >= 0.6 is 0 Å². The summed E-state index contributed by atoms with van der Waals surface area (Å²) in [6.07, 6.45) is 8.11. The largest absolute Gasteiger partial charge is 0.389 e. The summed E-state index contributed by atoms with van der Waals surface area (Å²) in [5.74, 6) is 0. The molecular formula is C17H29N3O. The normalized spacial score (nSPS) is 26.3. The Kier molecular flexibility index (Phi) is 4.36. The van der Waals surface area contributed by atoms with E-state index in [-0.39, 0.29) is 0 Å². The van der Waals surface area contributed by atoms with Gasteiger partial charge in [0, 0.05) is 18.3 Å². The van der Waals surface area contributed by atoms with Crippen molar-refractivity contribution in [3.63, 3.8) is 0 Å². The number of aromatic nitrogens is 2. The van der Waals surface area contributed by atoms with Crippen LogP contribution in [-0.2, 0) is 6.54 Å². The van der Waals surface area contributed by atoms with Crippen molar-refractivity contribution < 1.29 is 5.11 Å². The lowest BCUT2D eigenvalue weighted by Gasteiger charge is -2.37. The van der Waals surface area contributed by atoms with Crippen LogP contribution in [0.15, 0.2) is 6.07 Å². The first-order valence-corrected chi connectivity index (χ1v) is 8.53. The van der Waals surface area contributed by atoms with E-state index >= 15 is 0 Å². The lowest BCUT2D eigenvalue weighted by Crippen LogP contribution is -2.47. The monoisotopic (exact) mass is 291 g/mol. The maximum Gasteiger partial charge on any atom is 0.0774 e. The first kappa shape index (κ1) is 15.0. The maximum absolute atomic E-state index is 10.8. The Morgan fingerprint density at radius 3 is 2.67 bits per heavy atom. The van der Waals surface area contributed by atoms with E-state index in [1.807, 2.05) is 0 Å². The molecule has 118 valence electrons. The average Bonchev–Trinajstić information content (AvgIpc) is 2.98. The van der Waals surface area contributed by atoms with E-state index in [2.05, 4.69) is 34.6 Å². The number of hydrogen-bond acceptors (Lipinski definition) is 3. The van der Waals surface area contributed by atoms with E-state index in [4.69, 9.17) is 0 Å². The number of rotatable bonds is 4. The Bertz CT molecular complexity index is 476. The van der Waals surface area contributed by atoms with Gasteiger partial charge in [0.15, 0.2) is 0 Å². The highest BCUT2D eigenvalue weighted by Crippen LogP contribution is 2.31. The van der Waals surface area contributed by atoms with E-state index in [1.165, 1.54) is 37.8 Å². The van der Waals surface area contributed by atoms with Gasteiger partial charge in [-0.3, -0.25) is 9.58 Å². The van der Waals surface area contributed by atoms with Gasteiger partial charge >= 0.3 is 0 Å². The summed E-state index contributed by atoms with van der Waals surface area (Å²) in [7, 11) is 0. The van der Waals surface area contributed by atoms with E-state index in [0.717, 1.165) is 38.2 Å². The zero-order valence-electron chi connectivity index (χ0n) is 13.5. The third-order valence-electron chi connectivity index (χ3n) is 5.27. The number of nitrogens with zero attached hydrogens (tertiary/aromatic N) is 3. The Hall–Kier alpha value is -0.870. The van der Waals surface area contributed by atoms with Crippen molar-refractivity contribution in [1.82, 2.24) is 14.7 Å². The van der Waals surface area contributed by atoms with Gasteiger partial charge in [0.25, 0.3) is 0 Å². The highest BCUT2D eigenvalue weighted by atomic mass is 16.3. The summed E-state index contributed by atoms with van der Waals surface area (Å²) in [5.41, 5.74) is 1.91. The fraction of sp³-hybridized carbons (Fsp3) is 0.824. The van der Waals surface area contributed by atoms with Crippen LogP contribution in [0.25, 0.3) is 0 Å². The van der Waals surface area contributed by atoms with E-state index in [1.54, 1.807) is 0 Å². The van der Waals surface area contributed by atoms with Crippen LogP contribution in [0.1, 0.15) is 56.3 Å². The van der Waals surface area contributed by atoms with Gasteiger partial charge in [-0.2, -0.15) is 5.10 Å². The van der Waals surface area contributed by atoms with Gasteiger partial charge in [0.2, 0.25) is 0 Å². The number of likely N-dealkylation sites (tertiary alicyclic amines) is 1. The molecule has 1 saturated heterocycles. The lowest BCUT2D eigenvalue weighted by atomic mass is 9.84. The molecule has 2 heterocycles. The van der Waals surface area contributed by atoms with Crippen LogP contribution < -0.4 is 0 Å². The molecule has 2 aliphatic rings. The highest BCUT2D eigenvalue weighted by molar-refractivity contribution is 5.07. The summed E-state index contributed by atoms with van der Waals surface area (Å²) in [4.78, 5) is 2.52. The van der Waals surface area contributed by atoms with E-state index in [0.29, 0.717) is 6.04 Å². The molecule has 1 aromatic heterocycles. The number of aryl methyl sites for hydroxylation is 2. The van der Waals surface area contributed by atoms with Crippen LogP contribution in [0, 0.1) is 13.8 Å². The molecule has 0 spiro atoms. The summed E-state index contributed by atoms with van der Waals surface area (Å²) in [5, 5.41) is 15.4. The van der Waals surface area contributed by atoms with Gasteiger partial charge in [0.1, 0.15) is 0 Å². The standard InChI is InChI=1S/C17H29N3O/c1-14-11-15(2)20(18-14)12-16-7-6-10-19(16)13-17(21)8-4-3-5-9-17/h11,16,21H,3-10,12-13H2,1-2H3. The molecule has 1 aliphatic heterocycles. The maximum atomic E-state index is 10.8. The van der Waals surface area contributed by atoms with E-state index < -0.39 is 5.60 Å². The molecule has 4 nitrogen and oxygen atoms in total. The Morgan fingerprint density at radius 1 is 1.24 bits per heavy atom. The summed E-state index contributed by atoms with van der Waals surface area (Å²) < 4.78 is 2.14.